The van der Waals surface area contributed by atoms with E-state index in [2.05, 4.69) is 5.32 Å². The number of hydrogen-bond donors (Lipinski definition) is 1. The lowest BCUT2D eigenvalue weighted by molar-refractivity contribution is -0.132. The first-order valence-corrected chi connectivity index (χ1v) is 7.50. The molecule has 1 atom stereocenters. The molecule has 1 unspecified atom stereocenters. The third-order valence-electron chi connectivity index (χ3n) is 3.75. The van der Waals surface area contributed by atoms with Gasteiger partial charge in [0.2, 0.25) is 11.8 Å². The van der Waals surface area contributed by atoms with E-state index in [4.69, 9.17) is 16.0 Å². The first kappa shape index (κ1) is 15.6. The second-order valence-electron chi connectivity index (χ2n) is 5.23. The average Bonchev–Trinajstić information content (AvgIpc) is 3.17. The van der Waals surface area contributed by atoms with Crippen LogP contribution in [0.5, 0.6) is 0 Å². The van der Waals surface area contributed by atoms with E-state index in [1.165, 1.54) is 29.4 Å². The first-order chi connectivity index (χ1) is 11.1. The van der Waals surface area contributed by atoms with Crippen LogP contribution in [0.4, 0.5) is 10.1 Å². The van der Waals surface area contributed by atoms with Crippen LogP contribution in [0.1, 0.15) is 12.2 Å². The number of hydrogen-bond acceptors (Lipinski definition) is 3. The number of nitrogens with zero attached hydrogens (tertiary/aromatic N) is 1. The summed E-state index contributed by atoms with van der Waals surface area (Å²) in [5.41, 5.74) is 0.489. The molecule has 2 aromatic rings. The molecule has 0 aliphatic carbocycles. The number of halogens is 2. The lowest BCUT2D eigenvalue weighted by atomic mass is 10.1. The van der Waals surface area contributed by atoms with Crippen LogP contribution in [0.3, 0.4) is 0 Å². The molecule has 1 saturated heterocycles. The molecule has 0 radical (unpaired) electrons. The Bertz CT molecular complexity index is 733. The highest BCUT2D eigenvalue weighted by atomic mass is 35.5. The lowest BCUT2D eigenvalue weighted by Crippen LogP contribution is -2.36. The van der Waals surface area contributed by atoms with Crippen LogP contribution in [0.15, 0.2) is 41.0 Å². The monoisotopic (exact) mass is 336 g/mol. The summed E-state index contributed by atoms with van der Waals surface area (Å²) in [6, 6.07) is 7.53. The number of anilines is 1. The molecule has 5 nitrogen and oxygen atoms in total. The highest BCUT2D eigenvalue weighted by Crippen LogP contribution is 2.28. The maximum absolute atomic E-state index is 13.2. The quantitative estimate of drug-likeness (QED) is 0.873. The fraction of sp³-hybridized carbons (Fsp3) is 0.250. The zero-order valence-corrected chi connectivity index (χ0v) is 12.8. The molecule has 0 spiro atoms. The van der Waals surface area contributed by atoms with Crippen LogP contribution < -0.4 is 10.2 Å². The SMILES string of the molecule is O=C(NCc1ccco1)C1CCN(c2ccc(F)c(Cl)c2)C1=O. The van der Waals surface area contributed by atoms with Gasteiger partial charge in [0.15, 0.2) is 0 Å². The van der Waals surface area contributed by atoms with E-state index in [0.29, 0.717) is 24.4 Å². The predicted molar refractivity (Wildman–Crippen MR) is 82.4 cm³/mol. The number of rotatable bonds is 4. The summed E-state index contributed by atoms with van der Waals surface area (Å²) >= 11 is 5.74. The van der Waals surface area contributed by atoms with Gasteiger partial charge in [-0.2, -0.15) is 0 Å². The summed E-state index contributed by atoms with van der Waals surface area (Å²) in [4.78, 5) is 26.0. The summed E-state index contributed by atoms with van der Waals surface area (Å²) in [6.45, 7) is 0.623. The van der Waals surface area contributed by atoms with Crippen LogP contribution in [0.2, 0.25) is 5.02 Å². The van der Waals surface area contributed by atoms with Crippen molar-refractivity contribution < 1.29 is 18.4 Å². The van der Waals surface area contributed by atoms with Gasteiger partial charge in [-0.1, -0.05) is 11.6 Å². The molecule has 1 aliphatic rings. The van der Waals surface area contributed by atoms with Crippen LogP contribution >= 0.6 is 11.6 Å². The molecule has 1 aromatic heterocycles. The van der Waals surface area contributed by atoms with Crippen molar-refractivity contribution in [2.45, 2.75) is 13.0 Å². The molecule has 3 rings (SSSR count). The Labute approximate surface area is 137 Å². The van der Waals surface area contributed by atoms with Crippen LogP contribution in [-0.2, 0) is 16.1 Å². The van der Waals surface area contributed by atoms with Gasteiger partial charge in [0, 0.05) is 12.2 Å². The average molecular weight is 337 g/mol. The van der Waals surface area contributed by atoms with Crippen LogP contribution in [-0.4, -0.2) is 18.4 Å². The molecule has 0 saturated carbocycles. The van der Waals surface area contributed by atoms with Gasteiger partial charge in [-0.05, 0) is 36.8 Å². The van der Waals surface area contributed by atoms with E-state index in [0.717, 1.165) is 0 Å². The number of amides is 2. The summed E-state index contributed by atoms with van der Waals surface area (Å²) in [5, 5.41) is 2.63. The van der Waals surface area contributed by atoms with Crippen molar-refractivity contribution in [3.8, 4) is 0 Å². The predicted octanol–water partition coefficient (Wildman–Crippen LogP) is 2.74. The van der Waals surface area contributed by atoms with Gasteiger partial charge in [-0.3, -0.25) is 9.59 Å². The maximum atomic E-state index is 13.2. The zero-order valence-electron chi connectivity index (χ0n) is 12.1. The number of carbonyl (C=O) groups excluding carboxylic acids is 2. The normalized spacial score (nSPS) is 17.6. The summed E-state index contributed by atoms with van der Waals surface area (Å²) < 4.78 is 18.3. The van der Waals surface area contributed by atoms with Gasteiger partial charge in [-0.15, -0.1) is 0 Å². The highest BCUT2D eigenvalue weighted by Gasteiger charge is 2.37. The summed E-state index contributed by atoms with van der Waals surface area (Å²) in [5.74, 6) is -1.35. The Morgan fingerprint density at radius 2 is 2.26 bits per heavy atom. The lowest BCUT2D eigenvalue weighted by Gasteiger charge is -2.17. The van der Waals surface area contributed by atoms with E-state index < -0.39 is 11.7 Å². The van der Waals surface area contributed by atoms with Crippen molar-refractivity contribution in [1.82, 2.24) is 5.32 Å². The second kappa shape index (κ2) is 6.42. The Morgan fingerprint density at radius 1 is 1.43 bits per heavy atom. The van der Waals surface area contributed by atoms with Gasteiger partial charge in [-0.25, -0.2) is 4.39 Å². The molecule has 120 valence electrons. The van der Waals surface area contributed by atoms with Gasteiger partial charge in [0.1, 0.15) is 17.5 Å². The highest BCUT2D eigenvalue weighted by molar-refractivity contribution is 6.31. The first-order valence-electron chi connectivity index (χ1n) is 7.13. The van der Waals surface area contributed by atoms with Crippen molar-refractivity contribution in [2.75, 3.05) is 11.4 Å². The molecule has 7 heteroatoms. The second-order valence-corrected chi connectivity index (χ2v) is 5.63. The standard InChI is InChI=1S/C16H14ClFN2O3/c17-13-8-10(3-4-14(13)18)20-6-5-12(16(20)22)15(21)19-9-11-2-1-7-23-11/h1-4,7-8,12H,5-6,9H2,(H,19,21). The van der Waals surface area contributed by atoms with Crippen molar-refractivity contribution >= 4 is 29.1 Å². The molecular formula is C16H14ClFN2O3. The topological polar surface area (TPSA) is 62.6 Å². The molecular weight excluding hydrogens is 323 g/mol. The number of nitrogens with one attached hydrogen (secondary N) is 1. The van der Waals surface area contributed by atoms with Gasteiger partial charge in [0.25, 0.3) is 0 Å². The molecule has 1 aliphatic heterocycles. The van der Waals surface area contributed by atoms with Crippen molar-refractivity contribution in [3.63, 3.8) is 0 Å². The third kappa shape index (κ3) is 3.22. The molecule has 1 fully saturated rings. The molecule has 1 N–H and O–H groups in total. The summed E-state index contributed by atoms with van der Waals surface area (Å²) in [6.07, 6.45) is 1.92. The van der Waals surface area contributed by atoms with Crippen molar-refractivity contribution in [1.29, 1.82) is 0 Å². The maximum Gasteiger partial charge on any atom is 0.239 e. The largest absolute Gasteiger partial charge is 0.467 e. The van der Waals surface area contributed by atoms with Gasteiger partial charge >= 0.3 is 0 Å². The number of carbonyl (C=O) groups is 2. The summed E-state index contributed by atoms with van der Waals surface area (Å²) in [7, 11) is 0. The number of benzene rings is 1. The van der Waals surface area contributed by atoms with Crippen molar-refractivity contribution in [2.24, 2.45) is 5.92 Å². The minimum atomic E-state index is -0.756. The van der Waals surface area contributed by atoms with E-state index in [9.17, 15) is 14.0 Å². The molecule has 0 bridgehead atoms. The molecule has 1 aromatic carbocycles. The van der Waals surface area contributed by atoms with E-state index in [-0.39, 0.29) is 23.4 Å². The minimum absolute atomic E-state index is 0.0546. The van der Waals surface area contributed by atoms with Gasteiger partial charge in [0.05, 0.1) is 17.8 Å². The van der Waals surface area contributed by atoms with Crippen LogP contribution in [0, 0.1) is 11.7 Å². The smallest absolute Gasteiger partial charge is 0.239 e. The minimum Gasteiger partial charge on any atom is -0.467 e. The molecule has 23 heavy (non-hydrogen) atoms. The van der Waals surface area contributed by atoms with Crippen molar-refractivity contribution in [3.05, 3.63) is 53.2 Å². The fourth-order valence-electron chi connectivity index (χ4n) is 2.54. The molecule has 2 amide bonds. The number of furan rings is 1. The molecule has 2 heterocycles. The van der Waals surface area contributed by atoms with E-state index in [1.807, 2.05) is 0 Å². The van der Waals surface area contributed by atoms with Crippen LogP contribution in [0.25, 0.3) is 0 Å². The Hall–Kier alpha value is -2.34. The Morgan fingerprint density at radius 3 is 2.96 bits per heavy atom. The Balaban J connectivity index is 1.66. The Kier molecular flexibility index (Phi) is 4.34. The van der Waals surface area contributed by atoms with E-state index >= 15 is 0 Å². The van der Waals surface area contributed by atoms with Gasteiger partial charge < -0.3 is 14.6 Å². The third-order valence-corrected chi connectivity index (χ3v) is 4.04. The fourth-order valence-corrected chi connectivity index (χ4v) is 2.72. The zero-order chi connectivity index (χ0) is 16.4. The van der Waals surface area contributed by atoms with E-state index in [1.54, 1.807) is 12.1 Å².